The molecule has 1 unspecified atom stereocenters. The molecule has 8 heteroatoms. The van der Waals surface area contributed by atoms with E-state index in [0.717, 1.165) is 73.4 Å². The van der Waals surface area contributed by atoms with Crippen LogP contribution in [0, 0.1) is 0 Å². The Morgan fingerprint density at radius 1 is 1.08 bits per heavy atom. The smallest absolute Gasteiger partial charge is 0.253 e. The van der Waals surface area contributed by atoms with Crippen LogP contribution in [-0.4, -0.2) is 85.0 Å². The zero-order valence-corrected chi connectivity index (χ0v) is 22.9. The van der Waals surface area contributed by atoms with Crippen LogP contribution in [0.4, 0.5) is 0 Å². The lowest BCUT2D eigenvalue weighted by atomic mass is 9.92. The van der Waals surface area contributed by atoms with Crippen LogP contribution in [0.25, 0.3) is 10.9 Å². The van der Waals surface area contributed by atoms with Crippen molar-refractivity contribution in [1.82, 2.24) is 19.7 Å². The molecule has 5 rings (SSSR count). The van der Waals surface area contributed by atoms with Crippen molar-refractivity contribution in [3.8, 4) is 0 Å². The molecule has 1 N–H and O–H groups in total. The van der Waals surface area contributed by atoms with Gasteiger partial charge in [-0.15, -0.1) is 0 Å². The number of methoxy groups -OCH3 is 1. The Labute approximate surface area is 221 Å². The molecular formula is C28H35BrN4O3. The minimum absolute atomic E-state index is 0.0827. The molecule has 3 heterocycles. The van der Waals surface area contributed by atoms with Gasteiger partial charge in [0.25, 0.3) is 5.91 Å². The number of piperazine rings is 1. The summed E-state index contributed by atoms with van der Waals surface area (Å²) in [6, 6.07) is 13.8. The fourth-order valence-corrected chi connectivity index (χ4v) is 5.37. The SMILES string of the molecule is CCN1CCN(C(=O)c2ccc(C3c4[nH]c5ccc(Br)cc5c4CCN3C=O)cc2)CC1.CCOC. The fraction of sp³-hybridized carbons (Fsp3) is 0.429. The maximum absolute atomic E-state index is 13.0. The third-order valence-corrected chi connectivity index (χ3v) is 7.62. The van der Waals surface area contributed by atoms with Gasteiger partial charge in [0, 0.05) is 73.1 Å². The van der Waals surface area contributed by atoms with Gasteiger partial charge in [-0.1, -0.05) is 35.0 Å². The fourth-order valence-electron chi connectivity index (χ4n) is 5.01. The summed E-state index contributed by atoms with van der Waals surface area (Å²) in [5.41, 5.74) is 5.11. The van der Waals surface area contributed by atoms with E-state index in [1.807, 2.05) is 47.1 Å². The molecule has 1 aromatic heterocycles. The Morgan fingerprint density at radius 3 is 2.39 bits per heavy atom. The van der Waals surface area contributed by atoms with Gasteiger partial charge in [0.2, 0.25) is 6.41 Å². The molecule has 1 fully saturated rings. The Morgan fingerprint density at radius 2 is 1.78 bits per heavy atom. The van der Waals surface area contributed by atoms with Crippen LogP contribution in [0.2, 0.25) is 0 Å². The predicted octanol–water partition coefficient (Wildman–Crippen LogP) is 4.46. The Bertz CT molecular complexity index is 1180. The van der Waals surface area contributed by atoms with Crippen molar-refractivity contribution in [2.24, 2.45) is 0 Å². The summed E-state index contributed by atoms with van der Waals surface area (Å²) in [5, 5.41) is 1.20. The minimum atomic E-state index is -0.181. The third kappa shape index (κ3) is 5.51. The van der Waals surface area contributed by atoms with Crippen LogP contribution in [0.3, 0.4) is 0 Å². The predicted molar refractivity (Wildman–Crippen MR) is 146 cm³/mol. The number of carbonyl (C=O) groups excluding carboxylic acids is 2. The number of amides is 2. The normalized spacial score (nSPS) is 17.9. The standard InChI is InChI=1S/C25H27BrN4O2.C3H8O/c1-2-28-11-13-29(14-12-28)25(32)18-5-3-17(4-6-18)24-23-20(9-10-30(24)16-31)21-15-19(26)7-8-22(21)27-23;1-3-4-2/h3-8,15-16,24,27H,2,9-14H2,1H3;3H2,1-2H3. The van der Waals surface area contributed by atoms with Gasteiger partial charge in [-0.2, -0.15) is 0 Å². The highest BCUT2D eigenvalue weighted by atomic mass is 79.9. The molecule has 0 aliphatic carbocycles. The second-order valence-electron chi connectivity index (χ2n) is 9.13. The zero-order chi connectivity index (χ0) is 25.7. The number of likely N-dealkylation sites (N-methyl/N-ethyl adjacent to an activating group) is 1. The van der Waals surface area contributed by atoms with Crippen LogP contribution in [0.15, 0.2) is 46.9 Å². The average molecular weight is 556 g/mol. The average Bonchev–Trinajstić information content (AvgIpc) is 3.30. The Balaban J connectivity index is 0.000000709. The number of hydrogen-bond donors (Lipinski definition) is 1. The lowest BCUT2D eigenvalue weighted by Crippen LogP contribution is -2.48. The van der Waals surface area contributed by atoms with Crippen molar-refractivity contribution in [2.45, 2.75) is 26.3 Å². The quantitative estimate of drug-likeness (QED) is 0.472. The highest BCUT2D eigenvalue weighted by molar-refractivity contribution is 9.10. The number of carbonyl (C=O) groups is 2. The summed E-state index contributed by atoms with van der Waals surface area (Å²) < 4.78 is 5.59. The Hall–Kier alpha value is -2.68. The molecule has 2 aliphatic rings. The van der Waals surface area contributed by atoms with Crippen molar-refractivity contribution < 1.29 is 14.3 Å². The summed E-state index contributed by atoms with van der Waals surface area (Å²) in [5.74, 6) is 0.0827. The highest BCUT2D eigenvalue weighted by Crippen LogP contribution is 2.38. The monoisotopic (exact) mass is 554 g/mol. The van der Waals surface area contributed by atoms with Gasteiger partial charge in [0.05, 0.1) is 6.04 Å². The topological polar surface area (TPSA) is 68.9 Å². The number of aromatic amines is 1. The van der Waals surface area contributed by atoms with Gasteiger partial charge >= 0.3 is 0 Å². The number of nitrogens with one attached hydrogen (secondary N) is 1. The van der Waals surface area contributed by atoms with E-state index in [1.165, 1.54) is 10.9 Å². The lowest BCUT2D eigenvalue weighted by molar-refractivity contribution is -0.120. The van der Waals surface area contributed by atoms with Gasteiger partial charge < -0.3 is 24.4 Å². The number of ether oxygens (including phenoxy) is 1. The molecule has 2 amide bonds. The number of hydrogen-bond acceptors (Lipinski definition) is 4. The first-order valence-corrected chi connectivity index (χ1v) is 13.4. The van der Waals surface area contributed by atoms with Gasteiger partial charge in [-0.3, -0.25) is 9.59 Å². The summed E-state index contributed by atoms with van der Waals surface area (Å²) in [7, 11) is 1.68. The van der Waals surface area contributed by atoms with Crippen LogP contribution >= 0.6 is 15.9 Å². The third-order valence-electron chi connectivity index (χ3n) is 7.13. The van der Waals surface area contributed by atoms with Crippen LogP contribution in [0.5, 0.6) is 0 Å². The summed E-state index contributed by atoms with van der Waals surface area (Å²) >= 11 is 3.57. The second kappa shape index (κ2) is 12.0. The molecule has 0 bridgehead atoms. The van der Waals surface area contributed by atoms with Crippen LogP contribution in [0.1, 0.15) is 47.1 Å². The van der Waals surface area contributed by atoms with E-state index < -0.39 is 0 Å². The number of nitrogens with zero attached hydrogens (tertiary/aromatic N) is 3. The maximum atomic E-state index is 13.0. The number of halogens is 1. The van der Waals surface area contributed by atoms with E-state index in [4.69, 9.17) is 0 Å². The molecule has 1 saturated heterocycles. The molecule has 0 saturated carbocycles. The molecule has 0 spiro atoms. The largest absolute Gasteiger partial charge is 0.385 e. The van der Waals surface area contributed by atoms with Gasteiger partial charge in [-0.25, -0.2) is 0 Å². The van der Waals surface area contributed by atoms with E-state index >= 15 is 0 Å². The number of rotatable bonds is 5. The molecule has 3 aromatic rings. The van der Waals surface area contributed by atoms with Gasteiger partial charge in [0.1, 0.15) is 0 Å². The summed E-state index contributed by atoms with van der Waals surface area (Å²) in [6.45, 7) is 10.0. The number of aromatic nitrogens is 1. The molecule has 2 aliphatic heterocycles. The first-order valence-electron chi connectivity index (χ1n) is 12.6. The number of fused-ring (bicyclic) bond motifs is 3. The zero-order valence-electron chi connectivity index (χ0n) is 21.3. The molecule has 2 aromatic carbocycles. The Kier molecular flexibility index (Phi) is 8.82. The van der Waals surface area contributed by atoms with Crippen molar-refractivity contribution in [2.75, 3.05) is 53.0 Å². The van der Waals surface area contributed by atoms with Crippen molar-refractivity contribution in [1.29, 1.82) is 0 Å². The van der Waals surface area contributed by atoms with Gasteiger partial charge in [0.15, 0.2) is 0 Å². The number of H-pyrrole nitrogens is 1. The van der Waals surface area contributed by atoms with E-state index in [2.05, 4.69) is 49.6 Å². The highest BCUT2D eigenvalue weighted by Gasteiger charge is 2.31. The van der Waals surface area contributed by atoms with Crippen molar-refractivity contribution in [3.63, 3.8) is 0 Å². The first kappa shape index (κ1) is 26.4. The van der Waals surface area contributed by atoms with E-state index in [9.17, 15) is 9.59 Å². The number of benzene rings is 2. The van der Waals surface area contributed by atoms with Crippen molar-refractivity contribution in [3.05, 3.63) is 69.3 Å². The van der Waals surface area contributed by atoms with Crippen LogP contribution in [-0.2, 0) is 16.0 Å². The summed E-state index contributed by atoms with van der Waals surface area (Å²) in [4.78, 5) is 34.6. The maximum Gasteiger partial charge on any atom is 0.253 e. The second-order valence-corrected chi connectivity index (χ2v) is 10.0. The first-order chi connectivity index (χ1) is 17.5. The van der Waals surface area contributed by atoms with Crippen LogP contribution < -0.4 is 0 Å². The molecule has 36 heavy (non-hydrogen) atoms. The van der Waals surface area contributed by atoms with Gasteiger partial charge in [-0.05, 0) is 61.3 Å². The molecule has 0 radical (unpaired) electrons. The lowest BCUT2D eigenvalue weighted by Gasteiger charge is -2.34. The minimum Gasteiger partial charge on any atom is -0.385 e. The molecule has 7 nitrogen and oxygen atoms in total. The molecular weight excluding hydrogens is 520 g/mol. The van der Waals surface area contributed by atoms with E-state index in [1.54, 1.807) is 7.11 Å². The van der Waals surface area contributed by atoms with E-state index in [-0.39, 0.29) is 11.9 Å². The molecule has 192 valence electrons. The van der Waals surface area contributed by atoms with Crippen molar-refractivity contribution >= 4 is 39.2 Å². The van der Waals surface area contributed by atoms with E-state index in [0.29, 0.717) is 12.1 Å². The molecule has 1 atom stereocenters. The summed E-state index contributed by atoms with van der Waals surface area (Å²) in [6.07, 6.45) is 1.75.